The number of hydrazone groups is 6. The summed E-state index contributed by atoms with van der Waals surface area (Å²) in [5.41, 5.74) is 3.30. The molecule has 66 heavy (non-hydrogen) atoms. The summed E-state index contributed by atoms with van der Waals surface area (Å²) in [6, 6.07) is 14.7. The van der Waals surface area contributed by atoms with Crippen LogP contribution < -0.4 is 30.1 Å². The molecule has 0 radical (unpaired) electrons. The van der Waals surface area contributed by atoms with Crippen LogP contribution in [0.1, 0.15) is 34.2 Å². The molecule has 7 rings (SSSR count). The third-order valence-electron chi connectivity index (χ3n) is 8.82. The maximum absolute atomic E-state index is 4.47. The molecule has 0 aliphatic carbocycles. The maximum atomic E-state index is 4.47. The van der Waals surface area contributed by atoms with E-state index in [1.165, 1.54) is 12.7 Å². The van der Waals surface area contributed by atoms with E-state index in [1.807, 2.05) is 36.4 Å². The van der Waals surface area contributed by atoms with Gasteiger partial charge in [0.05, 0.1) is 74.5 Å². The first kappa shape index (κ1) is 44.6. The summed E-state index contributed by atoms with van der Waals surface area (Å²) >= 11 is 0. The highest BCUT2D eigenvalue weighted by atomic mass is 15.5. The van der Waals surface area contributed by atoms with Crippen LogP contribution in [0.5, 0.6) is 0 Å². The quantitative estimate of drug-likeness (QED) is 0.0886. The first-order chi connectivity index (χ1) is 32.2. The van der Waals surface area contributed by atoms with Crippen LogP contribution in [0.4, 0.5) is 34.9 Å². The van der Waals surface area contributed by atoms with Gasteiger partial charge in [-0.3, -0.25) is 60.0 Å². The summed E-state index contributed by atoms with van der Waals surface area (Å²) in [7, 11) is 10.6. The number of hydrogen-bond acceptors (Lipinski definition) is 24. The minimum Gasteiger partial charge on any atom is -0.251 e. The molecular formula is C42H42N24. The lowest BCUT2D eigenvalue weighted by atomic mass is 10.4. The molecule has 24 heteroatoms. The summed E-state index contributed by atoms with van der Waals surface area (Å²) in [4.78, 5) is 52.4. The van der Waals surface area contributed by atoms with Crippen molar-refractivity contribution in [2.75, 3.05) is 72.3 Å². The lowest BCUT2D eigenvalue weighted by Gasteiger charge is -2.15. The van der Waals surface area contributed by atoms with Crippen molar-refractivity contribution in [3.63, 3.8) is 0 Å². The Morgan fingerprint density at radius 2 is 0.545 bits per heavy atom. The lowest BCUT2D eigenvalue weighted by molar-refractivity contribution is 0.929. The van der Waals surface area contributed by atoms with Gasteiger partial charge >= 0.3 is 0 Å². The van der Waals surface area contributed by atoms with Crippen LogP contribution in [0, 0.1) is 0 Å². The van der Waals surface area contributed by atoms with E-state index >= 15 is 0 Å². The van der Waals surface area contributed by atoms with Crippen molar-refractivity contribution in [3.05, 3.63) is 145 Å². The van der Waals surface area contributed by atoms with Gasteiger partial charge in [0.25, 0.3) is 0 Å². The van der Waals surface area contributed by atoms with Gasteiger partial charge in [-0.05, 0) is 24.3 Å². The van der Waals surface area contributed by atoms with Gasteiger partial charge < -0.3 is 0 Å². The summed E-state index contributed by atoms with van der Waals surface area (Å²) in [5.74, 6) is 3.52. The van der Waals surface area contributed by atoms with E-state index in [4.69, 9.17) is 0 Å². The Labute approximate surface area is 379 Å². The summed E-state index contributed by atoms with van der Waals surface area (Å²) in [6.45, 7) is 0. The van der Waals surface area contributed by atoms with Crippen molar-refractivity contribution in [2.24, 2.45) is 30.6 Å². The lowest BCUT2D eigenvalue weighted by Crippen LogP contribution is -2.15. The van der Waals surface area contributed by atoms with Gasteiger partial charge in [0, 0.05) is 66.8 Å². The molecular weight excluding hydrogens is 841 g/mol. The van der Waals surface area contributed by atoms with Crippen molar-refractivity contribution in [1.82, 2.24) is 59.8 Å². The Hall–Kier alpha value is -9.48. The van der Waals surface area contributed by atoms with Crippen LogP contribution >= 0.6 is 0 Å². The van der Waals surface area contributed by atoms with E-state index in [0.29, 0.717) is 69.1 Å². The molecule has 0 atom stereocenters. The van der Waals surface area contributed by atoms with E-state index in [1.54, 1.807) is 171 Å². The fourth-order valence-corrected chi connectivity index (χ4v) is 5.15. The van der Waals surface area contributed by atoms with Crippen LogP contribution in [0.3, 0.4) is 0 Å². The average Bonchev–Trinajstić information content (AvgIpc) is 3.38. The Morgan fingerprint density at radius 3 is 0.758 bits per heavy atom. The molecule has 0 fully saturated rings. The van der Waals surface area contributed by atoms with Crippen LogP contribution in [-0.2, 0) is 0 Å². The summed E-state index contributed by atoms with van der Waals surface area (Å²) in [6.07, 6.45) is 25.3. The number of anilines is 6. The number of aromatic nitrogens is 12. The average molecular weight is 883 g/mol. The molecule has 7 aromatic heterocycles. The Kier molecular flexibility index (Phi) is 14.9. The zero-order chi connectivity index (χ0) is 46.1. The molecule has 0 bridgehead atoms. The molecule has 330 valence electrons. The Balaban J connectivity index is 0.877. The fourth-order valence-electron chi connectivity index (χ4n) is 5.15. The molecule has 7 heterocycles. The minimum absolute atomic E-state index is 0.520. The van der Waals surface area contributed by atoms with Crippen LogP contribution in [-0.4, -0.2) is 139 Å². The molecule has 0 unspecified atom stereocenters. The van der Waals surface area contributed by atoms with Gasteiger partial charge in [0.15, 0.2) is 23.3 Å². The second-order valence-corrected chi connectivity index (χ2v) is 13.6. The third kappa shape index (κ3) is 12.8. The molecule has 0 saturated carbocycles. The predicted molar refractivity (Wildman–Crippen MR) is 255 cm³/mol. The number of pyridine rings is 2. The van der Waals surface area contributed by atoms with E-state index in [-0.39, 0.29) is 0 Å². The van der Waals surface area contributed by atoms with Crippen LogP contribution in [0.25, 0.3) is 0 Å². The first-order valence-corrected chi connectivity index (χ1v) is 19.8. The molecule has 0 aliphatic rings. The molecule has 0 aliphatic heterocycles. The molecule has 7 aromatic rings. The van der Waals surface area contributed by atoms with E-state index in [9.17, 15) is 0 Å². The Morgan fingerprint density at radius 1 is 0.303 bits per heavy atom. The maximum Gasteiger partial charge on any atom is 0.154 e. The van der Waals surface area contributed by atoms with Crippen molar-refractivity contribution < 1.29 is 0 Å². The largest absolute Gasteiger partial charge is 0.251 e. The highest BCUT2D eigenvalue weighted by Crippen LogP contribution is 2.18. The molecule has 0 aromatic carbocycles. The van der Waals surface area contributed by atoms with E-state index in [0.717, 1.165) is 0 Å². The van der Waals surface area contributed by atoms with Crippen molar-refractivity contribution >= 4 is 72.2 Å². The molecule has 0 N–H and O–H groups in total. The zero-order valence-corrected chi connectivity index (χ0v) is 36.6. The van der Waals surface area contributed by atoms with Gasteiger partial charge in [-0.1, -0.05) is 12.1 Å². The van der Waals surface area contributed by atoms with Crippen molar-refractivity contribution in [1.29, 1.82) is 0 Å². The van der Waals surface area contributed by atoms with Crippen molar-refractivity contribution in [2.45, 2.75) is 0 Å². The second kappa shape index (κ2) is 22.0. The topological polar surface area (TPSA) is 248 Å². The predicted octanol–water partition coefficient (Wildman–Crippen LogP) is 3.25. The van der Waals surface area contributed by atoms with E-state index < -0.39 is 0 Å². The highest BCUT2D eigenvalue weighted by Gasteiger charge is 2.09. The number of hydrogen-bond donors (Lipinski definition) is 0. The van der Waals surface area contributed by atoms with Gasteiger partial charge in [0.2, 0.25) is 0 Å². The van der Waals surface area contributed by atoms with Crippen LogP contribution in [0.15, 0.2) is 141 Å². The van der Waals surface area contributed by atoms with Gasteiger partial charge in [0.1, 0.15) is 58.5 Å². The van der Waals surface area contributed by atoms with Gasteiger partial charge in [-0.15, -0.1) is 0 Å². The van der Waals surface area contributed by atoms with Gasteiger partial charge in [-0.25, -0.2) is 29.9 Å². The van der Waals surface area contributed by atoms with E-state index in [2.05, 4.69) is 90.4 Å². The Bertz CT molecular complexity index is 2610. The SMILES string of the molecule is CN(/N=C/c1cnc(/C=N/N(C)c2cc(N(C)/N=C/c3cnc(/C=N/N(C)c4cc(N(C)/N=C/c5cnc(/C=N/N(C)c6ccccn6)cn5)ncn4)cn3)ncn2)cn1)c1ccccn1. The molecule has 0 saturated heterocycles. The second-order valence-electron chi connectivity index (χ2n) is 13.6. The highest BCUT2D eigenvalue weighted by molar-refractivity contribution is 5.82. The molecule has 0 amide bonds. The monoisotopic (exact) mass is 882 g/mol. The zero-order valence-electron chi connectivity index (χ0n) is 36.6. The minimum atomic E-state index is 0.520. The summed E-state index contributed by atoms with van der Waals surface area (Å²) < 4.78 is 0. The smallest absolute Gasteiger partial charge is 0.154 e. The standard InChI is InChI=1S/C42H42N24/c1-61(37-11-7-9-13-43-37)55-23-31-17-47-33(19-45-31)25-57-63(3)39-15-41(53-29-51-39)65(5)59-27-35-21-50-36(22-49-35)28-60-66(6)42-16-40(52-30-54-42)64(4)58-26-34-20-46-32(18-48-34)24-56-62(2)38-12-8-10-14-44-38/h7-30H,1-6H3/b55-23+,56-24+,57-25+,58-26+,59-27+,60-28+. The van der Waals surface area contributed by atoms with Crippen molar-refractivity contribution in [3.8, 4) is 0 Å². The third-order valence-corrected chi connectivity index (χ3v) is 8.82. The number of rotatable bonds is 18. The summed E-state index contributed by atoms with van der Waals surface area (Å²) in [5, 5.41) is 36.2. The number of nitrogens with zero attached hydrogens (tertiary/aromatic N) is 24. The normalized spacial score (nSPS) is 11.7. The fraction of sp³-hybridized carbons (Fsp3) is 0.143. The van der Waals surface area contributed by atoms with Gasteiger partial charge in [-0.2, -0.15) is 30.6 Å². The first-order valence-electron chi connectivity index (χ1n) is 19.8. The van der Waals surface area contributed by atoms with Crippen LogP contribution in [0.2, 0.25) is 0 Å². The molecule has 0 spiro atoms. The molecule has 24 nitrogen and oxygen atoms in total.